The SMILES string of the molecule is CCCCOCCN1CNCC1=O. The topological polar surface area (TPSA) is 41.6 Å². The summed E-state index contributed by atoms with van der Waals surface area (Å²) in [5, 5.41) is 2.99. The summed E-state index contributed by atoms with van der Waals surface area (Å²) in [6, 6.07) is 0. The number of nitrogens with zero attached hydrogens (tertiary/aromatic N) is 1. The van der Waals surface area contributed by atoms with Gasteiger partial charge in [0.15, 0.2) is 0 Å². The highest BCUT2D eigenvalue weighted by Gasteiger charge is 2.18. The second kappa shape index (κ2) is 5.94. The van der Waals surface area contributed by atoms with Gasteiger partial charge in [-0.1, -0.05) is 13.3 Å². The maximum Gasteiger partial charge on any atom is 0.237 e. The smallest absolute Gasteiger partial charge is 0.237 e. The van der Waals surface area contributed by atoms with E-state index in [4.69, 9.17) is 4.74 Å². The summed E-state index contributed by atoms with van der Waals surface area (Å²) in [6.07, 6.45) is 2.26. The Bertz CT molecular complexity index is 162. The molecule has 4 heteroatoms. The molecule has 1 N–H and O–H groups in total. The molecule has 0 aromatic heterocycles. The molecule has 0 aliphatic carbocycles. The first kappa shape index (κ1) is 10.5. The van der Waals surface area contributed by atoms with E-state index in [0.717, 1.165) is 26.0 Å². The summed E-state index contributed by atoms with van der Waals surface area (Å²) in [5.41, 5.74) is 0. The zero-order valence-corrected chi connectivity index (χ0v) is 8.21. The van der Waals surface area contributed by atoms with Crippen LogP contribution in [0.4, 0.5) is 0 Å². The van der Waals surface area contributed by atoms with E-state index in [1.165, 1.54) is 0 Å². The maximum absolute atomic E-state index is 11.1. The first-order valence-electron chi connectivity index (χ1n) is 4.91. The number of rotatable bonds is 6. The fourth-order valence-electron chi connectivity index (χ4n) is 1.22. The molecular weight excluding hydrogens is 168 g/mol. The van der Waals surface area contributed by atoms with Crippen LogP contribution in [-0.2, 0) is 9.53 Å². The number of hydrogen-bond acceptors (Lipinski definition) is 3. The highest BCUT2D eigenvalue weighted by atomic mass is 16.5. The van der Waals surface area contributed by atoms with Crippen molar-refractivity contribution in [3.63, 3.8) is 0 Å². The molecule has 1 aliphatic rings. The Labute approximate surface area is 79.2 Å². The Balaban J connectivity index is 1.96. The largest absolute Gasteiger partial charge is 0.380 e. The molecule has 0 spiro atoms. The summed E-state index contributed by atoms with van der Waals surface area (Å²) < 4.78 is 5.36. The van der Waals surface area contributed by atoms with Crippen molar-refractivity contribution in [3.05, 3.63) is 0 Å². The van der Waals surface area contributed by atoms with Crippen molar-refractivity contribution < 1.29 is 9.53 Å². The summed E-state index contributed by atoms with van der Waals surface area (Å²) in [4.78, 5) is 12.9. The highest BCUT2D eigenvalue weighted by molar-refractivity contribution is 5.79. The van der Waals surface area contributed by atoms with Crippen LogP contribution < -0.4 is 5.32 Å². The molecule has 1 heterocycles. The Morgan fingerprint density at radius 1 is 1.54 bits per heavy atom. The second-order valence-electron chi connectivity index (χ2n) is 3.21. The van der Waals surface area contributed by atoms with Crippen LogP contribution in [0.5, 0.6) is 0 Å². The van der Waals surface area contributed by atoms with Gasteiger partial charge in [0.25, 0.3) is 0 Å². The second-order valence-corrected chi connectivity index (χ2v) is 3.21. The molecule has 76 valence electrons. The van der Waals surface area contributed by atoms with E-state index in [-0.39, 0.29) is 5.91 Å². The lowest BCUT2D eigenvalue weighted by Crippen LogP contribution is -2.30. The maximum atomic E-state index is 11.1. The van der Waals surface area contributed by atoms with Crippen molar-refractivity contribution in [2.24, 2.45) is 0 Å². The van der Waals surface area contributed by atoms with E-state index in [1.807, 2.05) is 0 Å². The third kappa shape index (κ3) is 3.74. The third-order valence-electron chi connectivity index (χ3n) is 2.08. The Morgan fingerprint density at radius 3 is 3.00 bits per heavy atom. The summed E-state index contributed by atoms with van der Waals surface area (Å²) >= 11 is 0. The molecule has 0 aromatic rings. The molecule has 0 atom stereocenters. The molecule has 1 saturated heterocycles. The zero-order valence-electron chi connectivity index (χ0n) is 8.21. The monoisotopic (exact) mass is 186 g/mol. The lowest BCUT2D eigenvalue weighted by Gasteiger charge is -2.14. The minimum absolute atomic E-state index is 0.180. The van der Waals surface area contributed by atoms with Crippen molar-refractivity contribution in [1.29, 1.82) is 0 Å². The van der Waals surface area contributed by atoms with E-state index in [1.54, 1.807) is 4.90 Å². The average Bonchev–Trinajstić information content (AvgIpc) is 2.52. The van der Waals surface area contributed by atoms with E-state index in [2.05, 4.69) is 12.2 Å². The molecular formula is C9H18N2O2. The van der Waals surface area contributed by atoms with Gasteiger partial charge in [-0.3, -0.25) is 10.1 Å². The minimum Gasteiger partial charge on any atom is -0.380 e. The molecule has 4 nitrogen and oxygen atoms in total. The van der Waals surface area contributed by atoms with Gasteiger partial charge in [0.05, 0.1) is 19.8 Å². The summed E-state index contributed by atoms with van der Waals surface area (Å²) in [7, 11) is 0. The zero-order chi connectivity index (χ0) is 9.52. The molecule has 0 radical (unpaired) electrons. The number of ether oxygens (including phenoxy) is 1. The van der Waals surface area contributed by atoms with Gasteiger partial charge in [-0.05, 0) is 6.42 Å². The molecule has 13 heavy (non-hydrogen) atoms. The number of unbranched alkanes of at least 4 members (excludes halogenated alkanes) is 1. The summed E-state index contributed by atoms with van der Waals surface area (Å²) in [5.74, 6) is 0.180. The lowest BCUT2D eigenvalue weighted by molar-refractivity contribution is -0.127. The number of carbonyl (C=O) groups excluding carboxylic acids is 1. The van der Waals surface area contributed by atoms with E-state index >= 15 is 0 Å². The molecule has 0 bridgehead atoms. The first-order chi connectivity index (χ1) is 6.34. The molecule has 1 amide bonds. The van der Waals surface area contributed by atoms with Crippen molar-refractivity contribution in [2.45, 2.75) is 19.8 Å². The van der Waals surface area contributed by atoms with E-state index < -0.39 is 0 Å². The van der Waals surface area contributed by atoms with Gasteiger partial charge >= 0.3 is 0 Å². The van der Waals surface area contributed by atoms with Gasteiger partial charge in [0.2, 0.25) is 5.91 Å². The van der Waals surface area contributed by atoms with Gasteiger partial charge in [0, 0.05) is 13.2 Å². The van der Waals surface area contributed by atoms with Gasteiger partial charge in [-0.15, -0.1) is 0 Å². The van der Waals surface area contributed by atoms with Gasteiger partial charge in [-0.25, -0.2) is 0 Å². The standard InChI is InChI=1S/C9H18N2O2/c1-2-3-5-13-6-4-11-8-10-7-9(11)12/h10H,2-8H2,1H3. The fraction of sp³-hybridized carbons (Fsp3) is 0.889. The average molecular weight is 186 g/mol. The van der Waals surface area contributed by atoms with Crippen LogP contribution >= 0.6 is 0 Å². The van der Waals surface area contributed by atoms with Crippen molar-refractivity contribution in [3.8, 4) is 0 Å². The number of hydrogen-bond donors (Lipinski definition) is 1. The van der Waals surface area contributed by atoms with Gasteiger partial charge < -0.3 is 9.64 Å². The molecule has 0 saturated carbocycles. The number of amides is 1. The quantitative estimate of drug-likeness (QED) is 0.602. The number of nitrogens with one attached hydrogen (secondary N) is 1. The third-order valence-corrected chi connectivity index (χ3v) is 2.08. The minimum atomic E-state index is 0.180. The van der Waals surface area contributed by atoms with E-state index in [9.17, 15) is 4.79 Å². The fourth-order valence-corrected chi connectivity index (χ4v) is 1.22. The Morgan fingerprint density at radius 2 is 2.38 bits per heavy atom. The summed E-state index contributed by atoms with van der Waals surface area (Å²) in [6.45, 7) is 5.48. The molecule has 1 fully saturated rings. The van der Waals surface area contributed by atoms with Gasteiger partial charge in [0.1, 0.15) is 0 Å². The van der Waals surface area contributed by atoms with Gasteiger partial charge in [-0.2, -0.15) is 0 Å². The van der Waals surface area contributed by atoms with Crippen LogP contribution in [0, 0.1) is 0 Å². The Kier molecular flexibility index (Phi) is 4.78. The van der Waals surface area contributed by atoms with Crippen LogP contribution in [0.2, 0.25) is 0 Å². The molecule has 1 rings (SSSR count). The van der Waals surface area contributed by atoms with Crippen molar-refractivity contribution in [2.75, 3.05) is 33.0 Å². The highest BCUT2D eigenvalue weighted by Crippen LogP contribution is 1.95. The molecule has 0 unspecified atom stereocenters. The van der Waals surface area contributed by atoms with Crippen LogP contribution in [0.15, 0.2) is 0 Å². The Hall–Kier alpha value is -0.610. The first-order valence-corrected chi connectivity index (χ1v) is 4.91. The van der Waals surface area contributed by atoms with Crippen LogP contribution in [0.3, 0.4) is 0 Å². The van der Waals surface area contributed by atoms with Crippen molar-refractivity contribution in [1.82, 2.24) is 10.2 Å². The van der Waals surface area contributed by atoms with Crippen LogP contribution in [0.1, 0.15) is 19.8 Å². The molecule has 1 aliphatic heterocycles. The van der Waals surface area contributed by atoms with Crippen molar-refractivity contribution >= 4 is 5.91 Å². The van der Waals surface area contributed by atoms with Crippen LogP contribution in [-0.4, -0.2) is 43.8 Å². The molecule has 0 aromatic carbocycles. The predicted molar refractivity (Wildman–Crippen MR) is 50.3 cm³/mol. The normalized spacial score (nSPS) is 17.0. The number of carbonyl (C=O) groups is 1. The predicted octanol–water partition coefficient (Wildman–Crippen LogP) is 0.192. The van der Waals surface area contributed by atoms with E-state index in [0.29, 0.717) is 19.8 Å². The lowest BCUT2D eigenvalue weighted by atomic mass is 10.4. The van der Waals surface area contributed by atoms with Crippen LogP contribution in [0.25, 0.3) is 0 Å².